The van der Waals surface area contributed by atoms with E-state index in [1.54, 1.807) is 0 Å². The molecule has 0 saturated carbocycles. The minimum Gasteiger partial charge on any atom is -0.344 e. The van der Waals surface area contributed by atoms with Gasteiger partial charge in [0.2, 0.25) is 5.91 Å². The number of hydrogen-bond donors (Lipinski definition) is 1. The average molecular weight is 497 g/mol. The number of piperazine rings is 1. The van der Waals surface area contributed by atoms with Crippen LogP contribution in [0.2, 0.25) is 0 Å². The number of benzene rings is 3. The van der Waals surface area contributed by atoms with E-state index in [1.165, 1.54) is 31.5 Å². The van der Waals surface area contributed by atoms with E-state index in [2.05, 4.69) is 81.7 Å². The number of carbonyl (C=O) groups is 1. The van der Waals surface area contributed by atoms with Gasteiger partial charge < -0.3 is 10.2 Å². The van der Waals surface area contributed by atoms with Crippen LogP contribution in [0.4, 0.5) is 0 Å². The molecule has 3 aromatic rings. The Balaban J connectivity index is 1.21. The van der Waals surface area contributed by atoms with Crippen LogP contribution in [-0.2, 0) is 4.79 Å². The Morgan fingerprint density at radius 1 is 0.730 bits per heavy atom. The van der Waals surface area contributed by atoms with Gasteiger partial charge in [0.15, 0.2) is 0 Å². The first-order valence-electron chi connectivity index (χ1n) is 13.8. The Kier molecular flexibility index (Phi) is 8.67. The van der Waals surface area contributed by atoms with Crippen LogP contribution in [-0.4, -0.2) is 73.5 Å². The third-order valence-corrected chi connectivity index (χ3v) is 8.09. The standard InChI is InChI=1S/C32H40N4O/c1-34-19-17-29(18-20-34)32(28-15-9-4-10-16-28)36-23-21-35(22-24-36)25-30(37)33-31(26-11-5-2-6-12-26)27-13-7-3-8-14-27/h2-16,29,31-32H,17-25H2,1H3,(H,33,37). The first-order valence-corrected chi connectivity index (χ1v) is 13.8. The molecule has 37 heavy (non-hydrogen) atoms. The van der Waals surface area contributed by atoms with Gasteiger partial charge >= 0.3 is 0 Å². The molecule has 2 fully saturated rings. The second-order valence-corrected chi connectivity index (χ2v) is 10.6. The summed E-state index contributed by atoms with van der Waals surface area (Å²) in [5.41, 5.74) is 3.66. The molecule has 2 aliphatic rings. The Morgan fingerprint density at radius 3 is 1.73 bits per heavy atom. The van der Waals surface area contributed by atoms with Crippen molar-refractivity contribution in [2.24, 2.45) is 5.92 Å². The molecule has 3 aromatic carbocycles. The summed E-state index contributed by atoms with van der Waals surface area (Å²) in [6.07, 6.45) is 2.50. The summed E-state index contributed by atoms with van der Waals surface area (Å²) >= 11 is 0. The van der Waals surface area contributed by atoms with Gasteiger partial charge in [-0.3, -0.25) is 14.6 Å². The van der Waals surface area contributed by atoms with Gasteiger partial charge in [-0.15, -0.1) is 0 Å². The molecule has 2 heterocycles. The van der Waals surface area contributed by atoms with E-state index in [-0.39, 0.29) is 11.9 Å². The average Bonchev–Trinajstić information content (AvgIpc) is 2.95. The highest BCUT2D eigenvalue weighted by Gasteiger charge is 2.33. The van der Waals surface area contributed by atoms with Crippen molar-refractivity contribution in [1.82, 2.24) is 20.0 Å². The van der Waals surface area contributed by atoms with Crippen LogP contribution in [0.1, 0.15) is 41.6 Å². The lowest BCUT2D eigenvalue weighted by atomic mass is 9.84. The molecule has 5 heteroatoms. The first-order chi connectivity index (χ1) is 18.2. The number of carbonyl (C=O) groups excluding carboxylic acids is 1. The van der Waals surface area contributed by atoms with Gasteiger partial charge in [-0.1, -0.05) is 91.0 Å². The third-order valence-electron chi connectivity index (χ3n) is 8.09. The number of likely N-dealkylation sites (tertiary alicyclic amines) is 1. The second kappa shape index (κ2) is 12.5. The van der Waals surface area contributed by atoms with E-state index >= 15 is 0 Å². The predicted octanol–water partition coefficient (Wildman–Crippen LogP) is 4.59. The van der Waals surface area contributed by atoms with Crippen molar-refractivity contribution in [2.45, 2.75) is 24.9 Å². The number of piperidine rings is 1. The SMILES string of the molecule is CN1CCC(C(c2ccccc2)N2CCN(CC(=O)NC(c3ccccc3)c3ccccc3)CC2)CC1. The van der Waals surface area contributed by atoms with Crippen LogP contribution in [0, 0.1) is 5.92 Å². The molecule has 1 amide bonds. The first kappa shape index (κ1) is 25.7. The summed E-state index contributed by atoms with van der Waals surface area (Å²) in [4.78, 5) is 20.7. The molecule has 5 nitrogen and oxygen atoms in total. The van der Waals surface area contributed by atoms with Crippen LogP contribution in [0.3, 0.4) is 0 Å². The minimum absolute atomic E-state index is 0.0843. The zero-order valence-corrected chi connectivity index (χ0v) is 22.0. The summed E-state index contributed by atoms with van der Waals surface area (Å²) in [5, 5.41) is 3.31. The highest BCUT2D eigenvalue weighted by atomic mass is 16.2. The Hall–Kier alpha value is -2.99. The lowest BCUT2D eigenvalue weighted by Gasteiger charge is -2.44. The van der Waals surface area contributed by atoms with Gasteiger partial charge in [0, 0.05) is 32.2 Å². The van der Waals surface area contributed by atoms with Crippen LogP contribution >= 0.6 is 0 Å². The summed E-state index contributed by atoms with van der Waals surface area (Å²) in [6, 6.07) is 31.9. The van der Waals surface area contributed by atoms with Crippen molar-refractivity contribution < 1.29 is 4.79 Å². The van der Waals surface area contributed by atoms with Gasteiger partial charge in [-0.05, 0) is 55.6 Å². The van der Waals surface area contributed by atoms with Crippen molar-refractivity contribution >= 4 is 5.91 Å². The maximum Gasteiger partial charge on any atom is 0.234 e. The molecule has 0 aromatic heterocycles. The minimum atomic E-state index is -0.136. The van der Waals surface area contributed by atoms with Crippen molar-refractivity contribution in [3.05, 3.63) is 108 Å². The summed E-state index contributed by atoms with van der Waals surface area (Å²) in [5.74, 6) is 0.770. The molecule has 2 aliphatic heterocycles. The molecule has 1 unspecified atom stereocenters. The van der Waals surface area contributed by atoms with Gasteiger partial charge in [0.05, 0.1) is 12.6 Å². The van der Waals surface area contributed by atoms with E-state index in [0.29, 0.717) is 18.5 Å². The Bertz CT molecular complexity index is 1050. The molecular formula is C32H40N4O. The molecule has 194 valence electrons. The highest BCUT2D eigenvalue weighted by Crippen LogP contribution is 2.36. The van der Waals surface area contributed by atoms with Gasteiger partial charge in [0.1, 0.15) is 0 Å². The smallest absolute Gasteiger partial charge is 0.234 e. The Labute approximate surface area is 222 Å². The fourth-order valence-electron chi connectivity index (χ4n) is 6.04. The lowest BCUT2D eigenvalue weighted by molar-refractivity contribution is -0.123. The van der Waals surface area contributed by atoms with Gasteiger partial charge in [0.25, 0.3) is 0 Å². The molecule has 5 rings (SSSR count). The largest absolute Gasteiger partial charge is 0.344 e. The summed E-state index contributed by atoms with van der Waals surface area (Å²) in [7, 11) is 2.23. The summed E-state index contributed by atoms with van der Waals surface area (Å²) in [6.45, 7) is 6.64. The number of rotatable bonds is 8. The highest BCUT2D eigenvalue weighted by molar-refractivity contribution is 5.79. The zero-order valence-electron chi connectivity index (χ0n) is 22.0. The second-order valence-electron chi connectivity index (χ2n) is 10.6. The quantitative estimate of drug-likeness (QED) is 0.495. The molecular weight excluding hydrogens is 456 g/mol. The fraction of sp³-hybridized carbons (Fsp3) is 0.406. The molecule has 1 atom stereocenters. The molecule has 0 aliphatic carbocycles. The van der Waals surface area contributed by atoms with Crippen molar-refractivity contribution in [3.63, 3.8) is 0 Å². The van der Waals surface area contributed by atoms with Crippen molar-refractivity contribution in [3.8, 4) is 0 Å². The van der Waals surface area contributed by atoms with E-state index in [9.17, 15) is 4.79 Å². The normalized spacial score (nSPS) is 19.1. The number of nitrogens with one attached hydrogen (secondary N) is 1. The molecule has 0 spiro atoms. The monoisotopic (exact) mass is 496 g/mol. The maximum atomic E-state index is 13.2. The van der Waals surface area contributed by atoms with Gasteiger partial charge in [-0.25, -0.2) is 0 Å². The molecule has 0 radical (unpaired) electrons. The Morgan fingerprint density at radius 2 is 1.22 bits per heavy atom. The summed E-state index contributed by atoms with van der Waals surface area (Å²) < 4.78 is 0. The zero-order chi connectivity index (χ0) is 25.5. The fourth-order valence-corrected chi connectivity index (χ4v) is 6.04. The van der Waals surface area contributed by atoms with Crippen LogP contribution in [0.25, 0.3) is 0 Å². The predicted molar refractivity (Wildman–Crippen MR) is 150 cm³/mol. The molecule has 0 bridgehead atoms. The number of hydrogen-bond acceptors (Lipinski definition) is 4. The molecule has 2 saturated heterocycles. The van der Waals surface area contributed by atoms with Crippen LogP contribution < -0.4 is 5.32 Å². The molecule has 1 N–H and O–H groups in total. The van der Waals surface area contributed by atoms with Crippen molar-refractivity contribution in [1.29, 1.82) is 0 Å². The van der Waals surface area contributed by atoms with Gasteiger partial charge in [-0.2, -0.15) is 0 Å². The lowest BCUT2D eigenvalue weighted by Crippen LogP contribution is -2.52. The van der Waals surface area contributed by atoms with E-state index in [4.69, 9.17) is 0 Å². The van der Waals surface area contributed by atoms with Crippen LogP contribution in [0.15, 0.2) is 91.0 Å². The maximum absolute atomic E-state index is 13.2. The van der Waals surface area contributed by atoms with Crippen molar-refractivity contribution in [2.75, 3.05) is 52.9 Å². The third kappa shape index (κ3) is 6.67. The van der Waals surface area contributed by atoms with E-state index < -0.39 is 0 Å². The topological polar surface area (TPSA) is 38.8 Å². The van der Waals surface area contributed by atoms with Crippen LogP contribution in [0.5, 0.6) is 0 Å². The van der Waals surface area contributed by atoms with E-state index in [0.717, 1.165) is 37.3 Å². The number of amides is 1. The van der Waals surface area contributed by atoms with E-state index in [1.807, 2.05) is 36.4 Å². The number of nitrogens with zero attached hydrogens (tertiary/aromatic N) is 3.